The molecule has 143 heavy (non-hydrogen) atoms. The third kappa shape index (κ3) is 32.7. The molecule has 19 N–H and O–H groups in total. The highest BCUT2D eigenvalue weighted by Gasteiger charge is 2.47. The van der Waals surface area contributed by atoms with E-state index in [4.69, 9.17) is 25.7 Å². The first-order chi connectivity index (χ1) is 67.9. The topological polar surface area (TPSA) is 643 Å². The molecule has 3 saturated heterocycles. The van der Waals surface area contributed by atoms with Crippen LogP contribution in [0.25, 0.3) is 21.8 Å². The maximum absolute atomic E-state index is 16.2. The van der Waals surface area contributed by atoms with Gasteiger partial charge in [-0.3, -0.25) is 86.3 Å². The van der Waals surface area contributed by atoms with Crippen LogP contribution in [0.1, 0.15) is 149 Å². The Balaban J connectivity index is 1.25. The summed E-state index contributed by atoms with van der Waals surface area (Å²) in [6.45, 7) is 8.89. The zero-order chi connectivity index (χ0) is 105. The third-order valence-electron chi connectivity index (χ3n) is 25.1. The number of ether oxygens (including phenoxy) is 3. The van der Waals surface area contributed by atoms with Gasteiger partial charge in [-0.05, 0) is 105 Å². The Morgan fingerprint density at radius 3 is 1.72 bits per heavy atom. The summed E-state index contributed by atoms with van der Waals surface area (Å²) in [5, 5.41) is 54.2. The maximum atomic E-state index is 16.2. The number of carbonyl (C=O) groups excluding carboxylic acids is 20. The number of phenolic OH excluding ortho intramolecular Hbond substituents is 1. The molecule has 2 aromatic heterocycles. The number of hydrogen-bond donors (Lipinski definition) is 17. The van der Waals surface area contributed by atoms with E-state index in [1.807, 2.05) is 13.8 Å². The minimum absolute atomic E-state index is 0.0212. The number of aromatic nitrogens is 2. The number of nitrogens with zero attached hydrogens (tertiary/aromatic N) is 6. The number of benzene rings is 3. The Morgan fingerprint density at radius 1 is 0.524 bits per heavy atom. The SMILES string of the molecule is CCCC[C@H]1C(=O)N(C)[C@@H](CCCC)C(=O)N[C@@H](CC(C)C)C(=O)N[C@H](C(=O)NCC(N)=O)CSCC(=O)N[C@@H](Cc2ccc(O)cc2)C(=O)N(C)[C@@H](C)C(=O)N[C@@H](CC(N)=O)C(=O)N2CCC[C@H]2C(=O)N[C@@H](CNC(=O)OC)C(=O)N[C@@H](CC(C)C)C(=O)N2C[C@H](O)C[C@H]2C(=O)N[C@@H](Cc2c[nH]c3ccccc23)C(=O)N[C@@H](CCNC(=O)OC)C(=O)N[C@@H](Cc2cn(CC(=O)OC)c3ccccc23)C(=O)N1C. The van der Waals surface area contributed by atoms with Crippen molar-refractivity contribution in [2.24, 2.45) is 23.3 Å². The molecular formula is C96H137N21O25S. The van der Waals surface area contributed by atoms with E-state index < -0.39 is 279 Å². The smallest absolute Gasteiger partial charge is 0.406 e. The van der Waals surface area contributed by atoms with Crippen molar-refractivity contribution in [3.8, 4) is 5.75 Å². The number of para-hydroxylation sites is 2. The van der Waals surface area contributed by atoms with Gasteiger partial charge in [-0.2, -0.15) is 0 Å². The lowest BCUT2D eigenvalue weighted by Crippen LogP contribution is -2.62. The van der Waals surface area contributed by atoms with Crippen LogP contribution in [0.2, 0.25) is 0 Å². The number of amides is 19. The van der Waals surface area contributed by atoms with Gasteiger partial charge in [0.1, 0.15) is 96.9 Å². The molecule has 46 nitrogen and oxygen atoms in total. The first-order valence-electron chi connectivity index (χ1n) is 47.7. The van der Waals surface area contributed by atoms with Gasteiger partial charge in [-0.15, -0.1) is 11.8 Å². The van der Waals surface area contributed by atoms with E-state index in [0.717, 1.165) is 50.5 Å². The van der Waals surface area contributed by atoms with Gasteiger partial charge in [0.05, 0.1) is 52.7 Å². The van der Waals surface area contributed by atoms with Crippen molar-refractivity contribution < 1.29 is 120 Å². The van der Waals surface area contributed by atoms with Crippen LogP contribution in [-0.4, -0.2) is 340 Å². The molecule has 47 heteroatoms. The number of esters is 1. The summed E-state index contributed by atoms with van der Waals surface area (Å²) in [6.07, 6.45) is -1.96. The van der Waals surface area contributed by atoms with Crippen LogP contribution < -0.4 is 75.3 Å². The molecule has 0 saturated carbocycles. The normalized spacial score (nSPS) is 23.9. The minimum atomic E-state index is -1.83. The van der Waals surface area contributed by atoms with Crippen molar-refractivity contribution in [1.82, 2.24) is 97.9 Å². The number of aromatic amines is 1. The van der Waals surface area contributed by atoms with E-state index in [1.54, 1.807) is 93.2 Å². The number of alkyl carbamates (subject to hydrolysis) is 2. The van der Waals surface area contributed by atoms with Crippen LogP contribution in [0.5, 0.6) is 5.75 Å². The number of nitrogens with two attached hydrogens (primary N) is 2. The molecule has 3 aromatic carbocycles. The fraction of sp³-hybridized carbons (Fsp3) is 0.562. The molecule has 8 rings (SSSR count). The molecule has 3 fully saturated rings. The van der Waals surface area contributed by atoms with Gasteiger partial charge in [0.2, 0.25) is 100 Å². The zero-order valence-corrected chi connectivity index (χ0v) is 83.7. The Bertz CT molecular complexity index is 5380. The van der Waals surface area contributed by atoms with Crippen molar-refractivity contribution >= 4 is 152 Å². The predicted octanol–water partition coefficient (Wildman–Crippen LogP) is -1.36. The number of unbranched alkanes of at least 4 members (excludes halogenated alkanes) is 2. The average Bonchev–Trinajstić information content (AvgIpc) is 1.66. The Hall–Kier alpha value is -14.2. The van der Waals surface area contributed by atoms with E-state index in [9.17, 15) is 67.7 Å². The number of aromatic hydroxyl groups is 1. The maximum Gasteiger partial charge on any atom is 0.406 e. The fourth-order valence-electron chi connectivity index (χ4n) is 17.3. The molecule has 0 bridgehead atoms. The number of methoxy groups -OCH3 is 3. The molecule has 19 amide bonds. The van der Waals surface area contributed by atoms with Crippen molar-refractivity contribution in [1.29, 1.82) is 0 Å². The van der Waals surface area contributed by atoms with Gasteiger partial charge in [0.15, 0.2) is 0 Å². The number of hydrogen-bond acceptors (Lipinski definition) is 26. The van der Waals surface area contributed by atoms with Crippen LogP contribution in [0.15, 0.2) is 85.2 Å². The number of rotatable bonds is 28. The second kappa shape index (κ2) is 54.7. The highest BCUT2D eigenvalue weighted by molar-refractivity contribution is 8.00. The van der Waals surface area contributed by atoms with Crippen molar-refractivity contribution in [2.45, 2.75) is 248 Å². The summed E-state index contributed by atoms with van der Waals surface area (Å²) in [5.41, 5.74) is 13.4. The first kappa shape index (κ1) is 114. The number of primary amides is 2. The molecule has 0 radical (unpaired) electrons. The lowest BCUT2D eigenvalue weighted by molar-refractivity contribution is -0.149. The number of H-pyrrole nitrogens is 1. The number of nitrogens with one attached hydrogen (secondary N) is 13. The van der Waals surface area contributed by atoms with Gasteiger partial charge < -0.3 is 134 Å². The van der Waals surface area contributed by atoms with Gasteiger partial charge in [-0.25, -0.2) is 9.59 Å². The number of likely N-dealkylation sites (N-methyl/N-ethyl adjacent to an activating group) is 3. The second-order valence-corrected chi connectivity index (χ2v) is 37.8. The Morgan fingerprint density at radius 2 is 1.07 bits per heavy atom. The summed E-state index contributed by atoms with van der Waals surface area (Å²) in [7, 11) is 7.16. The van der Waals surface area contributed by atoms with Crippen LogP contribution in [-0.2, 0) is 126 Å². The third-order valence-corrected chi connectivity index (χ3v) is 26.2. The van der Waals surface area contributed by atoms with Crippen molar-refractivity contribution in [2.75, 3.05) is 86.7 Å². The molecule has 3 aliphatic rings. The van der Waals surface area contributed by atoms with Gasteiger partial charge in [0.25, 0.3) is 0 Å². The average molecular weight is 2020 g/mol. The number of aliphatic hydroxyl groups is 1. The summed E-state index contributed by atoms with van der Waals surface area (Å²) in [5.74, 6) is -19.3. The van der Waals surface area contributed by atoms with Gasteiger partial charge >= 0.3 is 18.2 Å². The lowest BCUT2D eigenvalue weighted by Gasteiger charge is -2.36. The second-order valence-electron chi connectivity index (χ2n) is 36.8. The number of fused-ring (bicyclic) bond motifs is 4. The Kier molecular flexibility index (Phi) is 43.7. The summed E-state index contributed by atoms with van der Waals surface area (Å²) in [6, 6.07) is -3.31. The van der Waals surface area contributed by atoms with E-state index in [1.165, 1.54) is 59.4 Å². The van der Waals surface area contributed by atoms with E-state index >= 15 is 38.4 Å². The van der Waals surface area contributed by atoms with Crippen LogP contribution in [0.4, 0.5) is 9.59 Å². The van der Waals surface area contributed by atoms with Crippen LogP contribution in [0, 0.1) is 11.8 Å². The van der Waals surface area contributed by atoms with E-state index in [0.29, 0.717) is 64.2 Å². The highest BCUT2D eigenvalue weighted by atomic mass is 32.2. The summed E-state index contributed by atoms with van der Waals surface area (Å²) < 4.78 is 16.3. The van der Waals surface area contributed by atoms with Crippen LogP contribution in [0.3, 0.4) is 0 Å². The first-order valence-corrected chi connectivity index (χ1v) is 48.9. The van der Waals surface area contributed by atoms with E-state index in [-0.39, 0.29) is 76.1 Å². The molecule has 5 heterocycles. The molecule has 782 valence electrons. The lowest BCUT2D eigenvalue weighted by atomic mass is 9.99. The molecule has 5 aromatic rings. The number of carbonyl (C=O) groups is 20. The summed E-state index contributed by atoms with van der Waals surface area (Å²) in [4.78, 5) is 300. The summed E-state index contributed by atoms with van der Waals surface area (Å²) >= 11 is 0.769. The molecule has 0 spiro atoms. The Labute approximate surface area is 832 Å². The molecule has 3 aliphatic heterocycles. The van der Waals surface area contributed by atoms with Gasteiger partial charge in [0, 0.05) is 106 Å². The van der Waals surface area contributed by atoms with Crippen molar-refractivity contribution in [3.63, 3.8) is 0 Å². The number of thioether (sulfide) groups is 1. The number of phenols is 1. The predicted molar refractivity (Wildman–Crippen MR) is 522 cm³/mol. The van der Waals surface area contributed by atoms with E-state index in [2.05, 4.69) is 68.8 Å². The van der Waals surface area contributed by atoms with Crippen molar-refractivity contribution in [3.05, 3.63) is 102 Å². The molecule has 0 aliphatic carbocycles. The molecule has 0 unspecified atom stereocenters. The monoisotopic (exact) mass is 2020 g/mol. The van der Waals surface area contributed by atoms with Gasteiger partial charge in [-0.1, -0.05) is 116 Å². The van der Waals surface area contributed by atoms with Crippen LogP contribution >= 0.6 is 11.8 Å². The minimum Gasteiger partial charge on any atom is -0.508 e. The molecular weight excluding hydrogens is 1880 g/mol. The quantitative estimate of drug-likeness (QED) is 0.0203. The highest BCUT2D eigenvalue weighted by Crippen LogP contribution is 2.29. The zero-order valence-electron chi connectivity index (χ0n) is 82.9. The fourth-order valence-corrected chi connectivity index (χ4v) is 18.2. The largest absolute Gasteiger partial charge is 0.508 e. The standard InChI is InChI=1S/C96H137N21O25S/c1-14-16-26-73-87(130)105-64(37-52(3)4)84(127)111-71(82(125)101-46-78(98)121)50-143-51-79(122)103-67(39-55-30-32-58(118)33-31-55)90(133)112(8)54(7)81(124)107-69(43-77(97)120)92(135)116-36-22-29-74(116)88(131)110-70(45-102-96(139)142-13)86(129)108-66(38-53(5)6)93(136)117-48-59(119)42-76(117)89(132)106-65(40-56-44-100-62-25-20-18-23-60(56)62)85(128)104-63(34-35-99-95(138)141-12)83(126)109-68(91(134)114(10)75(27-17-15-2)94(137)113(73)9)41-57-47-115(49-80(123)140-11)72-28-21-19-24-61(57)72/h18-21,23-25,28,30-33,44,47,52-54,59,63-71,73-76,100,118-119H,14-17,22,26-27,29,34-43,45-46,48-51H2,1-13H3,(H2,97,120)(H2,98,121)(H,99,138)(H,101,125)(H,102,139)(H,103,122)(H,104,128)(H,105,130)(H,106,132)(H,107,124)(H,108,129)(H,109,126)(H,110,131)(H,111,127)/t54-,59+,63-,64-,65-,66-,67-,68-,69-,70-,71-,73-,74-,75-,76-/m0/s1. The molecule has 15 atom stereocenters. The number of aliphatic hydroxyl groups excluding tert-OH is 1.